The highest BCUT2D eigenvalue weighted by atomic mass is 32.2. The Morgan fingerprint density at radius 2 is 2.11 bits per heavy atom. The van der Waals surface area contributed by atoms with Crippen LogP contribution in [0.2, 0.25) is 0 Å². The Labute approximate surface area is 115 Å². The zero-order valence-corrected chi connectivity index (χ0v) is 12.5. The first-order valence-electron chi connectivity index (χ1n) is 7.13. The molecule has 0 bridgehead atoms. The van der Waals surface area contributed by atoms with E-state index in [1.54, 1.807) is 0 Å². The fraction of sp³-hybridized carbons (Fsp3) is 0.769. The van der Waals surface area contributed by atoms with E-state index in [0.717, 1.165) is 25.7 Å². The van der Waals surface area contributed by atoms with Crippen molar-refractivity contribution in [2.45, 2.75) is 63.4 Å². The van der Waals surface area contributed by atoms with Gasteiger partial charge in [-0.05, 0) is 18.8 Å². The minimum atomic E-state index is -3.46. The van der Waals surface area contributed by atoms with Gasteiger partial charge >= 0.3 is 0 Å². The minimum absolute atomic E-state index is 0.0668. The van der Waals surface area contributed by atoms with Gasteiger partial charge in [-0.25, -0.2) is 18.1 Å². The highest BCUT2D eigenvalue weighted by molar-refractivity contribution is 7.89. The number of aryl methyl sites for hydroxylation is 1. The van der Waals surface area contributed by atoms with E-state index in [1.807, 2.05) is 6.92 Å². The van der Waals surface area contributed by atoms with Crippen molar-refractivity contribution in [1.82, 2.24) is 14.7 Å². The maximum Gasteiger partial charge on any atom is 0.257 e. The van der Waals surface area contributed by atoms with Crippen LogP contribution in [0.4, 0.5) is 0 Å². The van der Waals surface area contributed by atoms with Crippen LogP contribution in [-0.2, 0) is 16.4 Å². The van der Waals surface area contributed by atoms with E-state index in [4.69, 9.17) is 0 Å². The summed E-state index contributed by atoms with van der Waals surface area (Å²) in [6.07, 6.45) is 7.50. The van der Waals surface area contributed by atoms with Crippen LogP contribution >= 0.6 is 0 Å². The second-order valence-corrected chi connectivity index (χ2v) is 6.91. The van der Waals surface area contributed by atoms with Gasteiger partial charge in [0, 0.05) is 12.5 Å². The molecule has 2 rings (SSSR count). The zero-order valence-electron chi connectivity index (χ0n) is 11.6. The van der Waals surface area contributed by atoms with Gasteiger partial charge in [0.2, 0.25) is 0 Å². The zero-order chi connectivity index (χ0) is 13.9. The number of aromatic nitrogens is 2. The normalized spacial score (nSPS) is 24.5. The maximum atomic E-state index is 12.3. The van der Waals surface area contributed by atoms with Crippen LogP contribution in [0.1, 0.15) is 51.8 Å². The van der Waals surface area contributed by atoms with Crippen LogP contribution in [0.15, 0.2) is 11.2 Å². The summed E-state index contributed by atoms with van der Waals surface area (Å²) in [7, 11) is -3.46. The molecule has 19 heavy (non-hydrogen) atoms. The second-order valence-electron chi connectivity index (χ2n) is 5.23. The smallest absolute Gasteiger partial charge is 0.257 e. The highest BCUT2D eigenvalue weighted by Gasteiger charge is 2.29. The Morgan fingerprint density at radius 3 is 2.74 bits per heavy atom. The first-order valence-corrected chi connectivity index (χ1v) is 8.61. The van der Waals surface area contributed by atoms with Crippen LogP contribution in [0.5, 0.6) is 0 Å². The van der Waals surface area contributed by atoms with Crippen molar-refractivity contribution in [3.8, 4) is 0 Å². The Morgan fingerprint density at radius 1 is 1.37 bits per heavy atom. The monoisotopic (exact) mass is 285 g/mol. The third-order valence-corrected chi connectivity index (χ3v) is 5.37. The summed E-state index contributed by atoms with van der Waals surface area (Å²) in [5.41, 5.74) is 0. The second kappa shape index (κ2) is 6.05. The molecule has 5 nitrogen and oxygen atoms in total. The predicted molar refractivity (Wildman–Crippen MR) is 74.3 cm³/mol. The average molecular weight is 285 g/mol. The van der Waals surface area contributed by atoms with Gasteiger partial charge in [0.1, 0.15) is 5.82 Å². The van der Waals surface area contributed by atoms with E-state index < -0.39 is 10.0 Å². The van der Waals surface area contributed by atoms with Crippen LogP contribution in [0.25, 0.3) is 0 Å². The number of nitrogens with one attached hydrogen (secondary N) is 2. The summed E-state index contributed by atoms with van der Waals surface area (Å²) >= 11 is 0. The van der Waals surface area contributed by atoms with Gasteiger partial charge in [0.05, 0.1) is 6.20 Å². The molecule has 2 atom stereocenters. The van der Waals surface area contributed by atoms with E-state index >= 15 is 0 Å². The lowest BCUT2D eigenvalue weighted by Crippen LogP contribution is -2.41. The lowest BCUT2D eigenvalue weighted by atomic mass is 9.83. The Bertz CT molecular complexity index is 510. The molecule has 0 spiro atoms. The quantitative estimate of drug-likeness (QED) is 0.871. The summed E-state index contributed by atoms with van der Waals surface area (Å²) in [5, 5.41) is 0.185. The number of aromatic amines is 1. The van der Waals surface area contributed by atoms with E-state index in [2.05, 4.69) is 21.6 Å². The van der Waals surface area contributed by atoms with Crippen molar-refractivity contribution in [3.05, 3.63) is 12.0 Å². The molecule has 1 aromatic heterocycles. The Kier molecular flexibility index (Phi) is 4.62. The molecule has 1 heterocycles. The standard InChI is InChI=1S/C13H23N3O2S/c1-3-10-7-5-6-8-11(10)16-19(17,18)13-9-14-12(4-2)15-13/h9-11,16H,3-8H2,1-2H3,(H,14,15). The Balaban J connectivity index is 2.11. The van der Waals surface area contributed by atoms with Crippen LogP contribution in [0, 0.1) is 5.92 Å². The van der Waals surface area contributed by atoms with Gasteiger partial charge < -0.3 is 4.98 Å². The molecule has 1 fully saturated rings. The van der Waals surface area contributed by atoms with E-state index in [0.29, 0.717) is 18.2 Å². The van der Waals surface area contributed by atoms with Crippen molar-refractivity contribution < 1.29 is 8.42 Å². The van der Waals surface area contributed by atoms with Crippen molar-refractivity contribution in [1.29, 1.82) is 0 Å². The molecule has 108 valence electrons. The molecule has 0 aromatic carbocycles. The molecule has 1 saturated carbocycles. The number of imidazole rings is 1. The van der Waals surface area contributed by atoms with E-state index in [1.165, 1.54) is 12.6 Å². The van der Waals surface area contributed by atoms with Gasteiger partial charge in [-0.3, -0.25) is 0 Å². The molecule has 0 saturated heterocycles. The van der Waals surface area contributed by atoms with Crippen molar-refractivity contribution in [3.63, 3.8) is 0 Å². The number of H-pyrrole nitrogens is 1. The maximum absolute atomic E-state index is 12.3. The average Bonchev–Trinajstić information content (AvgIpc) is 2.88. The third kappa shape index (κ3) is 3.36. The fourth-order valence-corrected chi connectivity index (χ4v) is 4.05. The van der Waals surface area contributed by atoms with Crippen LogP contribution in [0.3, 0.4) is 0 Å². The summed E-state index contributed by atoms with van der Waals surface area (Å²) in [4.78, 5) is 6.92. The molecule has 1 aliphatic carbocycles. The number of nitrogens with zero attached hydrogens (tertiary/aromatic N) is 1. The summed E-state index contributed by atoms with van der Waals surface area (Å²) in [5.74, 6) is 1.16. The van der Waals surface area contributed by atoms with Gasteiger partial charge in [0.25, 0.3) is 10.0 Å². The third-order valence-electron chi connectivity index (χ3n) is 3.97. The minimum Gasteiger partial charge on any atom is -0.332 e. The first kappa shape index (κ1) is 14.5. The molecule has 6 heteroatoms. The number of hydrogen-bond acceptors (Lipinski definition) is 3. The number of sulfonamides is 1. The van der Waals surface area contributed by atoms with Gasteiger partial charge in [-0.15, -0.1) is 0 Å². The highest BCUT2D eigenvalue weighted by Crippen LogP contribution is 2.27. The van der Waals surface area contributed by atoms with Gasteiger partial charge in [-0.2, -0.15) is 0 Å². The summed E-state index contributed by atoms with van der Waals surface area (Å²) in [6.45, 7) is 4.07. The van der Waals surface area contributed by atoms with Gasteiger partial charge in [0.15, 0.2) is 5.03 Å². The predicted octanol–water partition coefficient (Wildman–Crippen LogP) is 2.22. The van der Waals surface area contributed by atoms with Crippen LogP contribution < -0.4 is 4.72 Å². The molecule has 0 amide bonds. The lowest BCUT2D eigenvalue weighted by molar-refractivity contribution is 0.282. The molecule has 2 N–H and O–H groups in total. The van der Waals surface area contributed by atoms with Crippen molar-refractivity contribution >= 4 is 10.0 Å². The molecule has 2 unspecified atom stereocenters. The topological polar surface area (TPSA) is 74.8 Å². The SMILES string of the molecule is CCc1ncc(S(=O)(=O)NC2CCCCC2CC)[nH]1. The summed E-state index contributed by atoms with van der Waals surface area (Å²) < 4.78 is 27.5. The van der Waals surface area contributed by atoms with Crippen molar-refractivity contribution in [2.24, 2.45) is 5.92 Å². The van der Waals surface area contributed by atoms with Crippen molar-refractivity contribution in [2.75, 3.05) is 0 Å². The van der Waals surface area contributed by atoms with Gasteiger partial charge in [-0.1, -0.05) is 33.1 Å². The molecule has 0 radical (unpaired) electrons. The van der Waals surface area contributed by atoms with E-state index in [9.17, 15) is 8.42 Å². The molecule has 1 aliphatic rings. The van der Waals surface area contributed by atoms with Crippen LogP contribution in [-0.4, -0.2) is 24.4 Å². The fourth-order valence-electron chi connectivity index (χ4n) is 2.77. The molecular formula is C13H23N3O2S. The molecule has 0 aliphatic heterocycles. The lowest BCUT2D eigenvalue weighted by Gasteiger charge is -2.30. The molecular weight excluding hydrogens is 262 g/mol. The first-order chi connectivity index (χ1) is 9.06. The largest absolute Gasteiger partial charge is 0.332 e. The van der Waals surface area contributed by atoms with E-state index in [-0.39, 0.29) is 11.1 Å². The summed E-state index contributed by atoms with van der Waals surface area (Å²) in [6, 6.07) is 0.0668. The number of rotatable bonds is 5. The molecule has 1 aromatic rings. The Hall–Kier alpha value is -0.880. The number of hydrogen-bond donors (Lipinski definition) is 2.